The van der Waals surface area contributed by atoms with Gasteiger partial charge in [-0.25, -0.2) is 0 Å². The molecule has 3 nitrogen and oxygen atoms in total. The van der Waals surface area contributed by atoms with E-state index in [2.05, 4.69) is 5.32 Å². The van der Waals surface area contributed by atoms with Crippen LogP contribution in [0.3, 0.4) is 0 Å². The van der Waals surface area contributed by atoms with E-state index in [4.69, 9.17) is 0 Å². The van der Waals surface area contributed by atoms with Gasteiger partial charge < -0.3 is 5.32 Å². The van der Waals surface area contributed by atoms with Crippen LogP contribution in [0.1, 0.15) is 28.8 Å². The fourth-order valence-electron chi connectivity index (χ4n) is 1.64. The number of amides is 1. The molecule has 0 unspecified atom stereocenters. The van der Waals surface area contributed by atoms with Crippen molar-refractivity contribution in [2.75, 3.05) is 5.32 Å². The van der Waals surface area contributed by atoms with E-state index in [-0.39, 0.29) is 29.9 Å². The second-order valence-corrected chi connectivity index (χ2v) is 3.73. The number of carbonyl (C=O) groups excluding carboxylic acids is 2. The Bertz CT molecular complexity index is 494. The molecular weight excluding hydrogens is 235 g/mol. The fraction of sp³-hybridized carbons (Fsp3) is 0.273. The van der Waals surface area contributed by atoms with Crippen LogP contribution in [0.2, 0.25) is 0 Å². The number of hydrogen-bond acceptors (Lipinski definition) is 2. The average Bonchev–Trinajstić information content (AvgIpc) is 2.37. The van der Waals surface area contributed by atoms with E-state index in [1.165, 1.54) is 0 Å². The monoisotopic (exact) mass is 243 g/mol. The van der Waals surface area contributed by atoms with Crippen LogP contribution in [0.4, 0.5) is 18.9 Å². The van der Waals surface area contributed by atoms with E-state index >= 15 is 0 Å². The minimum atomic E-state index is -4.49. The second kappa shape index (κ2) is 3.87. The van der Waals surface area contributed by atoms with Gasteiger partial charge in [-0.1, -0.05) is 0 Å². The molecule has 1 aromatic carbocycles. The Hall–Kier alpha value is -1.85. The molecule has 0 saturated heterocycles. The van der Waals surface area contributed by atoms with E-state index < -0.39 is 17.6 Å². The van der Waals surface area contributed by atoms with Crippen LogP contribution in [-0.4, -0.2) is 11.7 Å². The van der Waals surface area contributed by atoms with E-state index in [1.54, 1.807) is 0 Å². The zero-order valence-electron chi connectivity index (χ0n) is 8.60. The number of hydrogen-bond donors (Lipinski definition) is 1. The number of Topliss-reactive ketones (excluding diaryl/α,β-unsaturated/α-hetero) is 1. The van der Waals surface area contributed by atoms with Gasteiger partial charge >= 0.3 is 6.18 Å². The van der Waals surface area contributed by atoms with Crippen LogP contribution < -0.4 is 5.32 Å². The van der Waals surface area contributed by atoms with E-state index in [1.807, 2.05) is 0 Å². The molecule has 1 aliphatic rings. The van der Waals surface area contributed by atoms with Gasteiger partial charge in [-0.05, 0) is 18.2 Å². The van der Waals surface area contributed by atoms with Gasteiger partial charge in [-0.3, -0.25) is 9.59 Å². The molecule has 0 aliphatic carbocycles. The van der Waals surface area contributed by atoms with Gasteiger partial charge in [0.1, 0.15) is 0 Å². The highest BCUT2D eigenvalue weighted by molar-refractivity contribution is 6.09. The minimum absolute atomic E-state index is 0.00509. The molecule has 1 heterocycles. The van der Waals surface area contributed by atoms with Gasteiger partial charge in [-0.15, -0.1) is 0 Å². The van der Waals surface area contributed by atoms with Crippen molar-refractivity contribution in [1.29, 1.82) is 0 Å². The van der Waals surface area contributed by atoms with Gasteiger partial charge in [0.15, 0.2) is 5.78 Å². The molecule has 0 bridgehead atoms. The number of anilines is 1. The predicted octanol–water partition coefficient (Wildman–Crippen LogP) is 2.62. The summed E-state index contributed by atoms with van der Waals surface area (Å²) < 4.78 is 37.4. The molecule has 17 heavy (non-hydrogen) atoms. The first-order valence-corrected chi connectivity index (χ1v) is 4.92. The number of carbonyl (C=O) groups is 2. The molecule has 90 valence electrons. The summed E-state index contributed by atoms with van der Waals surface area (Å²) in [5.41, 5.74) is -0.817. The molecule has 1 amide bonds. The lowest BCUT2D eigenvalue weighted by molar-refractivity contribution is -0.137. The fourth-order valence-corrected chi connectivity index (χ4v) is 1.64. The predicted molar refractivity (Wildman–Crippen MR) is 53.6 cm³/mol. The Kier molecular flexibility index (Phi) is 2.65. The quantitative estimate of drug-likeness (QED) is 0.761. The summed E-state index contributed by atoms with van der Waals surface area (Å²) >= 11 is 0. The molecule has 2 rings (SSSR count). The molecule has 0 fully saturated rings. The topological polar surface area (TPSA) is 46.2 Å². The van der Waals surface area contributed by atoms with Gasteiger partial charge in [0.2, 0.25) is 5.91 Å². The Labute approximate surface area is 94.6 Å². The first-order valence-electron chi connectivity index (χ1n) is 4.92. The van der Waals surface area contributed by atoms with Crippen molar-refractivity contribution in [3.8, 4) is 0 Å². The standard InChI is InChI=1S/C11H8F3NO2/c12-11(13,14)6-1-2-7-8(5-6)15-10(17)4-3-9(7)16/h1-2,5H,3-4H2,(H,15,17). The maximum Gasteiger partial charge on any atom is 0.416 e. The summed E-state index contributed by atoms with van der Waals surface area (Å²) in [6.45, 7) is 0. The van der Waals surface area contributed by atoms with Crippen LogP contribution in [0.25, 0.3) is 0 Å². The highest BCUT2D eigenvalue weighted by atomic mass is 19.4. The Morgan fingerprint density at radius 3 is 2.47 bits per heavy atom. The number of alkyl halides is 3. The molecule has 0 saturated carbocycles. The van der Waals surface area contributed by atoms with Crippen molar-refractivity contribution in [3.63, 3.8) is 0 Å². The number of rotatable bonds is 0. The summed E-state index contributed by atoms with van der Waals surface area (Å²) in [4.78, 5) is 22.7. The van der Waals surface area contributed by atoms with Crippen molar-refractivity contribution in [3.05, 3.63) is 29.3 Å². The first-order chi connectivity index (χ1) is 7.88. The second-order valence-electron chi connectivity index (χ2n) is 3.73. The molecular formula is C11H8F3NO2. The summed E-state index contributed by atoms with van der Waals surface area (Å²) in [6, 6.07) is 2.73. The normalized spacial score (nSPS) is 16.2. The highest BCUT2D eigenvalue weighted by Gasteiger charge is 2.32. The molecule has 0 radical (unpaired) electrons. The van der Waals surface area contributed by atoms with Crippen molar-refractivity contribution in [2.24, 2.45) is 0 Å². The lowest BCUT2D eigenvalue weighted by atomic mass is 10.0. The molecule has 6 heteroatoms. The third kappa shape index (κ3) is 2.30. The lowest BCUT2D eigenvalue weighted by Gasteiger charge is -2.11. The van der Waals surface area contributed by atoms with Crippen LogP contribution >= 0.6 is 0 Å². The third-order valence-electron chi connectivity index (χ3n) is 2.50. The van der Waals surface area contributed by atoms with E-state index in [0.717, 1.165) is 18.2 Å². The largest absolute Gasteiger partial charge is 0.416 e. The van der Waals surface area contributed by atoms with Crippen LogP contribution in [0.5, 0.6) is 0 Å². The van der Waals surface area contributed by atoms with Gasteiger partial charge in [0.05, 0.1) is 11.3 Å². The van der Waals surface area contributed by atoms with Crippen molar-refractivity contribution in [2.45, 2.75) is 19.0 Å². The lowest BCUT2D eigenvalue weighted by Crippen LogP contribution is -2.11. The van der Waals surface area contributed by atoms with Crippen LogP contribution in [0, 0.1) is 0 Å². The first kappa shape index (κ1) is 11.6. The number of fused-ring (bicyclic) bond motifs is 1. The Balaban J connectivity index is 2.50. The van der Waals surface area contributed by atoms with Crippen molar-refractivity contribution < 1.29 is 22.8 Å². The molecule has 1 aliphatic heterocycles. The number of ketones is 1. The van der Waals surface area contributed by atoms with Gasteiger partial charge in [-0.2, -0.15) is 13.2 Å². The number of nitrogens with one attached hydrogen (secondary N) is 1. The Morgan fingerprint density at radius 2 is 1.82 bits per heavy atom. The number of halogens is 3. The SMILES string of the molecule is O=C1CCC(=O)c2ccc(C(F)(F)F)cc2N1. The third-order valence-corrected chi connectivity index (χ3v) is 2.50. The Morgan fingerprint density at radius 1 is 1.12 bits per heavy atom. The highest BCUT2D eigenvalue weighted by Crippen LogP contribution is 2.33. The maximum absolute atomic E-state index is 12.5. The summed E-state index contributed by atoms with van der Waals surface area (Å²) in [5.74, 6) is -0.775. The average molecular weight is 243 g/mol. The summed E-state index contributed by atoms with van der Waals surface area (Å²) in [5, 5.41) is 2.31. The number of benzene rings is 1. The molecule has 1 N–H and O–H groups in total. The van der Waals surface area contributed by atoms with Gasteiger partial charge in [0.25, 0.3) is 0 Å². The molecule has 0 spiro atoms. The van der Waals surface area contributed by atoms with E-state index in [0.29, 0.717) is 0 Å². The summed E-state index contributed by atoms with van der Waals surface area (Å²) in [7, 11) is 0. The molecule has 0 atom stereocenters. The zero-order valence-corrected chi connectivity index (χ0v) is 8.60. The van der Waals surface area contributed by atoms with Crippen LogP contribution in [-0.2, 0) is 11.0 Å². The maximum atomic E-state index is 12.5. The molecule has 1 aromatic rings. The zero-order chi connectivity index (χ0) is 12.6. The smallest absolute Gasteiger partial charge is 0.325 e. The summed E-state index contributed by atoms with van der Waals surface area (Å²) in [6.07, 6.45) is -4.48. The molecule has 0 aromatic heterocycles. The van der Waals surface area contributed by atoms with Crippen molar-refractivity contribution >= 4 is 17.4 Å². The van der Waals surface area contributed by atoms with E-state index in [9.17, 15) is 22.8 Å². The van der Waals surface area contributed by atoms with Crippen molar-refractivity contribution in [1.82, 2.24) is 0 Å². The minimum Gasteiger partial charge on any atom is -0.325 e. The van der Waals surface area contributed by atoms with Gasteiger partial charge in [0, 0.05) is 18.4 Å². The van der Waals surface area contributed by atoms with Crippen LogP contribution in [0.15, 0.2) is 18.2 Å².